The standard InChI is InChI=1S/C18H24N4O5S2/c1-11-9-13(19-27-11)22-14(23)10-12(15(22)24)29-17(28)21-7-5-20(6-8-21)16(25)26-18(2,3)4/h9,12H,5-8,10H2,1-4H3/t12-/m0/s1. The molecule has 3 heterocycles. The van der Waals surface area contributed by atoms with Crippen LogP contribution < -0.4 is 4.90 Å². The maximum atomic E-state index is 12.7. The lowest BCUT2D eigenvalue weighted by Gasteiger charge is -2.36. The van der Waals surface area contributed by atoms with Crippen LogP contribution in [0.3, 0.4) is 0 Å². The zero-order valence-electron chi connectivity index (χ0n) is 16.8. The molecule has 0 radical (unpaired) electrons. The van der Waals surface area contributed by atoms with E-state index in [0.717, 1.165) is 4.90 Å². The van der Waals surface area contributed by atoms with E-state index in [0.29, 0.717) is 36.3 Å². The molecule has 1 aromatic rings. The summed E-state index contributed by atoms with van der Waals surface area (Å²) in [6, 6.07) is 1.55. The number of piperazine rings is 1. The van der Waals surface area contributed by atoms with E-state index in [1.165, 1.54) is 11.8 Å². The average molecular weight is 441 g/mol. The Kier molecular flexibility index (Phi) is 6.18. The Morgan fingerprint density at radius 2 is 1.86 bits per heavy atom. The zero-order valence-corrected chi connectivity index (χ0v) is 18.5. The van der Waals surface area contributed by atoms with Gasteiger partial charge >= 0.3 is 6.09 Å². The third kappa shape index (κ3) is 5.08. The van der Waals surface area contributed by atoms with Crippen LogP contribution in [0.4, 0.5) is 10.6 Å². The van der Waals surface area contributed by atoms with Gasteiger partial charge < -0.3 is 19.1 Å². The van der Waals surface area contributed by atoms with Crippen molar-refractivity contribution in [3.8, 4) is 0 Å². The van der Waals surface area contributed by atoms with Crippen molar-refractivity contribution in [1.29, 1.82) is 0 Å². The summed E-state index contributed by atoms with van der Waals surface area (Å²) in [5, 5.41) is 3.17. The fraction of sp³-hybridized carbons (Fsp3) is 0.611. The van der Waals surface area contributed by atoms with E-state index in [1.807, 2.05) is 25.7 Å². The largest absolute Gasteiger partial charge is 0.444 e. The van der Waals surface area contributed by atoms with Crippen LogP contribution in [-0.2, 0) is 14.3 Å². The van der Waals surface area contributed by atoms with Crippen LogP contribution in [-0.4, -0.2) is 74.2 Å². The quantitative estimate of drug-likeness (QED) is 0.506. The molecule has 2 fully saturated rings. The van der Waals surface area contributed by atoms with Gasteiger partial charge in [-0.1, -0.05) is 29.1 Å². The Morgan fingerprint density at radius 3 is 2.41 bits per heavy atom. The van der Waals surface area contributed by atoms with Gasteiger partial charge in [0.25, 0.3) is 0 Å². The first-order valence-corrected chi connectivity index (χ1v) is 10.6. The number of hydrogen-bond acceptors (Lipinski definition) is 8. The van der Waals surface area contributed by atoms with Crippen LogP contribution in [0.2, 0.25) is 0 Å². The van der Waals surface area contributed by atoms with E-state index in [1.54, 1.807) is 17.9 Å². The molecule has 2 aliphatic heterocycles. The SMILES string of the molecule is Cc1cc(N2C(=O)C[C@H](SC(=S)N3CCN(C(=O)OC(C)(C)C)CC3)C2=O)no1. The van der Waals surface area contributed by atoms with E-state index in [9.17, 15) is 14.4 Å². The highest BCUT2D eigenvalue weighted by atomic mass is 32.2. The first-order valence-electron chi connectivity index (χ1n) is 9.29. The van der Waals surface area contributed by atoms with Gasteiger partial charge in [-0.2, -0.15) is 0 Å². The van der Waals surface area contributed by atoms with Crippen molar-refractivity contribution in [3.63, 3.8) is 0 Å². The Morgan fingerprint density at radius 1 is 1.24 bits per heavy atom. The highest BCUT2D eigenvalue weighted by molar-refractivity contribution is 8.23. The van der Waals surface area contributed by atoms with Gasteiger partial charge in [0.15, 0.2) is 5.82 Å². The van der Waals surface area contributed by atoms with E-state index in [-0.39, 0.29) is 30.1 Å². The minimum atomic E-state index is -0.587. The monoisotopic (exact) mass is 440 g/mol. The predicted molar refractivity (Wildman–Crippen MR) is 112 cm³/mol. The molecule has 158 valence electrons. The molecule has 9 nitrogen and oxygen atoms in total. The lowest BCUT2D eigenvalue weighted by Crippen LogP contribution is -2.51. The molecule has 0 spiro atoms. The molecule has 2 aliphatic rings. The molecule has 2 saturated heterocycles. The highest BCUT2D eigenvalue weighted by Crippen LogP contribution is 2.31. The smallest absolute Gasteiger partial charge is 0.410 e. The number of carbonyl (C=O) groups excluding carboxylic acids is 3. The second kappa shape index (κ2) is 8.31. The van der Waals surface area contributed by atoms with Crippen LogP contribution in [0.15, 0.2) is 10.6 Å². The minimum absolute atomic E-state index is 0.0629. The van der Waals surface area contributed by atoms with Gasteiger partial charge in [-0.3, -0.25) is 9.59 Å². The summed E-state index contributed by atoms with van der Waals surface area (Å²) in [6.07, 6.45) is -0.279. The molecular formula is C18H24N4O5S2. The average Bonchev–Trinajstić information content (AvgIpc) is 3.16. The number of ether oxygens (including phenoxy) is 1. The normalized spacial score (nSPS) is 20.4. The predicted octanol–water partition coefficient (Wildman–Crippen LogP) is 2.19. The Balaban J connectivity index is 1.53. The van der Waals surface area contributed by atoms with Crippen molar-refractivity contribution in [2.24, 2.45) is 0 Å². The van der Waals surface area contributed by atoms with Crippen molar-refractivity contribution in [2.75, 3.05) is 31.1 Å². The summed E-state index contributed by atoms with van der Waals surface area (Å²) in [7, 11) is 0. The number of nitrogens with zero attached hydrogens (tertiary/aromatic N) is 4. The summed E-state index contributed by atoms with van der Waals surface area (Å²) in [5.74, 6) is 0.0639. The van der Waals surface area contributed by atoms with Crippen molar-refractivity contribution >= 4 is 52.0 Å². The van der Waals surface area contributed by atoms with E-state index in [2.05, 4.69) is 5.16 Å². The molecule has 1 atom stereocenters. The van der Waals surface area contributed by atoms with Crippen molar-refractivity contribution in [1.82, 2.24) is 15.0 Å². The molecule has 3 rings (SSSR count). The second-order valence-electron chi connectivity index (χ2n) is 7.89. The van der Waals surface area contributed by atoms with Gasteiger partial charge in [0.2, 0.25) is 11.8 Å². The molecule has 0 saturated carbocycles. The number of rotatable bonds is 2. The van der Waals surface area contributed by atoms with Crippen molar-refractivity contribution < 1.29 is 23.6 Å². The lowest BCUT2D eigenvalue weighted by molar-refractivity contribution is -0.121. The highest BCUT2D eigenvalue weighted by Gasteiger charge is 2.42. The minimum Gasteiger partial charge on any atom is -0.444 e. The maximum absolute atomic E-state index is 12.7. The van der Waals surface area contributed by atoms with E-state index >= 15 is 0 Å². The fourth-order valence-corrected chi connectivity index (χ4v) is 4.53. The van der Waals surface area contributed by atoms with Gasteiger partial charge in [-0.15, -0.1) is 0 Å². The number of thioether (sulfide) groups is 1. The Bertz CT molecular complexity index is 826. The van der Waals surface area contributed by atoms with Crippen LogP contribution in [0.25, 0.3) is 0 Å². The molecule has 0 aromatic carbocycles. The summed E-state index contributed by atoms with van der Waals surface area (Å²) in [5.41, 5.74) is -0.539. The summed E-state index contributed by atoms with van der Waals surface area (Å²) >= 11 is 6.69. The molecule has 0 bridgehead atoms. The molecule has 3 amide bonds. The first-order chi connectivity index (χ1) is 13.5. The number of hydrogen-bond donors (Lipinski definition) is 0. The zero-order chi connectivity index (χ0) is 21.3. The molecule has 11 heteroatoms. The molecule has 29 heavy (non-hydrogen) atoms. The van der Waals surface area contributed by atoms with Gasteiger partial charge in [0, 0.05) is 38.7 Å². The van der Waals surface area contributed by atoms with E-state index in [4.69, 9.17) is 21.5 Å². The molecule has 0 unspecified atom stereocenters. The van der Waals surface area contributed by atoms with Crippen molar-refractivity contribution in [2.45, 2.75) is 45.0 Å². The van der Waals surface area contributed by atoms with Gasteiger partial charge in [0.1, 0.15) is 20.9 Å². The topological polar surface area (TPSA) is 96.2 Å². The molecule has 0 aliphatic carbocycles. The molecule has 0 N–H and O–H groups in total. The van der Waals surface area contributed by atoms with Gasteiger partial charge in [-0.25, -0.2) is 9.69 Å². The van der Waals surface area contributed by atoms with Gasteiger partial charge in [-0.05, 0) is 27.7 Å². The second-order valence-corrected chi connectivity index (χ2v) is 9.73. The van der Waals surface area contributed by atoms with Gasteiger partial charge in [0.05, 0.1) is 0 Å². The number of thiocarbonyl (C=S) groups is 1. The maximum Gasteiger partial charge on any atom is 0.410 e. The Labute approximate surface area is 178 Å². The number of aryl methyl sites for hydroxylation is 1. The lowest BCUT2D eigenvalue weighted by atomic mass is 10.2. The van der Waals surface area contributed by atoms with E-state index < -0.39 is 10.9 Å². The number of amides is 3. The van der Waals surface area contributed by atoms with Crippen molar-refractivity contribution in [3.05, 3.63) is 11.8 Å². The summed E-state index contributed by atoms with van der Waals surface area (Å²) in [4.78, 5) is 41.8. The number of carbonyl (C=O) groups is 3. The molecular weight excluding hydrogens is 416 g/mol. The van der Waals surface area contributed by atoms with Crippen LogP contribution in [0.1, 0.15) is 33.0 Å². The fourth-order valence-electron chi connectivity index (χ4n) is 2.99. The first kappa shape index (κ1) is 21.6. The van der Waals surface area contributed by atoms with Crippen LogP contribution >= 0.6 is 24.0 Å². The summed E-state index contributed by atoms with van der Waals surface area (Å²) < 4.78 is 10.9. The molecule has 1 aromatic heterocycles. The van der Waals surface area contributed by atoms with Crippen LogP contribution in [0, 0.1) is 6.92 Å². The number of anilines is 1. The van der Waals surface area contributed by atoms with Crippen LogP contribution in [0.5, 0.6) is 0 Å². The summed E-state index contributed by atoms with van der Waals surface area (Å²) in [6.45, 7) is 9.25. The third-order valence-corrected chi connectivity index (χ3v) is 6.04. The third-order valence-electron chi connectivity index (χ3n) is 4.38. The Hall–Kier alpha value is -2.14. The number of aromatic nitrogens is 1. The number of imide groups is 1.